The van der Waals surface area contributed by atoms with Gasteiger partial charge in [0.2, 0.25) is 0 Å². The fourth-order valence-electron chi connectivity index (χ4n) is 1.57. The summed E-state index contributed by atoms with van der Waals surface area (Å²) in [5, 5.41) is 0. The van der Waals surface area contributed by atoms with E-state index in [4.69, 9.17) is 1.41 Å². The van der Waals surface area contributed by atoms with E-state index in [9.17, 15) is 0 Å². The van der Waals surface area contributed by atoms with Crippen molar-refractivity contribution in [3.05, 3.63) is 50.6 Å². The Morgan fingerprint density at radius 2 is 1.33 bits per heavy atom. The number of rotatable bonds is 10. The van der Waals surface area contributed by atoms with E-state index in [1.165, 1.54) is 0 Å². The van der Waals surface area contributed by atoms with Gasteiger partial charge in [-0.1, -0.05) is 0 Å². The summed E-state index contributed by atoms with van der Waals surface area (Å²) >= 11 is -3.47. The van der Waals surface area contributed by atoms with Crippen LogP contribution in [0.2, 0.25) is 17.7 Å². The Morgan fingerprint density at radius 3 is 1.67 bits per heavy atom. The van der Waals surface area contributed by atoms with E-state index in [0.29, 0.717) is 0 Å². The molecule has 0 aliphatic rings. The first-order valence-corrected chi connectivity index (χ1v) is 17.0. The van der Waals surface area contributed by atoms with Gasteiger partial charge in [-0.2, -0.15) is 0 Å². The Bertz CT molecular complexity index is 197. The van der Waals surface area contributed by atoms with Crippen LogP contribution in [0.15, 0.2) is 50.6 Å². The minimum atomic E-state index is -2.43. The summed E-state index contributed by atoms with van der Waals surface area (Å²) in [6.07, 6.45) is 8.04. The molecule has 0 bridgehead atoms. The van der Waals surface area contributed by atoms with Crippen molar-refractivity contribution >= 4 is 40.3 Å². The molecule has 0 fully saturated rings. The molecule has 0 unspecified atom stereocenters. The number of allylic oxidation sites excluding steroid dienone is 4. The standard InChI is InChI=1S/4C3H5.O.2Sn.2H/c4*1-3-2;;;;;/h4*3H,1-2H2;;;;;. The molecular formula is C12H22OSn2. The SMILES string of the molecule is C=C[CH2][SnH2][O][Sn]([CH2]C=C)([CH2]C=C)[CH2]C=C. The van der Waals surface area contributed by atoms with Gasteiger partial charge in [0, 0.05) is 0 Å². The molecule has 0 amide bonds. The van der Waals surface area contributed by atoms with Crippen molar-refractivity contribution in [1.29, 1.82) is 0 Å². The Hall–Kier alpha value is 0.517. The second-order valence-electron chi connectivity index (χ2n) is 3.59. The molecule has 0 aromatic rings. The quantitative estimate of drug-likeness (QED) is 0.300. The Balaban J connectivity index is 4.43. The van der Waals surface area contributed by atoms with Crippen LogP contribution in [0.1, 0.15) is 0 Å². The molecule has 15 heavy (non-hydrogen) atoms. The van der Waals surface area contributed by atoms with Gasteiger partial charge in [0.1, 0.15) is 0 Å². The average Bonchev–Trinajstić information content (AvgIpc) is 2.19. The molecule has 0 atom stereocenters. The summed E-state index contributed by atoms with van der Waals surface area (Å²) in [6.45, 7) is 15.3. The van der Waals surface area contributed by atoms with Crippen molar-refractivity contribution in [2.75, 3.05) is 0 Å². The van der Waals surface area contributed by atoms with Crippen molar-refractivity contribution in [1.82, 2.24) is 0 Å². The van der Waals surface area contributed by atoms with Gasteiger partial charge in [0.15, 0.2) is 0 Å². The zero-order valence-corrected chi connectivity index (χ0v) is 16.5. The topological polar surface area (TPSA) is 9.23 Å². The van der Waals surface area contributed by atoms with E-state index in [2.05, 4.69) is 26.3 Å². The summed E-state index contributed by atoms with van der Waals surface area (Å²) in [4.78, 5) is 0. The molecule has 0 saturated carbocycles. The Kier molecular flexibility index (Phi) is 10.1. The van der Waals surface area contributed by atoms with E-state index in [1.54, 1.807) is 0 Å². The number of hydrogen-bond acceptors (Lipinski definition) is 1. The molecule has 0 aliphatic carbocycles. The van der Waals surface area contributed by atoms with Crippen molar-refractivity contribution in [2.45, 2.75) is 17.7 Å². The van der Waals surface area contributed by atoms with Crippen LogP contribution < -0.4 is 0 Å². The van der Waals surface area contributed by atoms with Crippen molar-refractivity contribution in [2.24, 2.45) is 0 Å². The predicted molar refractivity (Wildman–Crippen MR) is 75.4 cm³/mol. The van der Waals surface area contributed by atoms with Crippen LogP contribution in [-0.2, 0) is 1.41 Å². The third-order valence-electron chi connectivity index (χ3n) is 2.28. The molecule has 0 radical (unpaired) electrons. The fraction of sp³-hybridized carbons (Fsp3) is 0.333. The van der Waals surface area contributed by atoms with Crippen LogP contribution >= 0.6 is 0 Å². The number of hydrogen-bond donors (Lipinski definition) is 0. The van der Waals surface area contributed by atoms with Crippen LogP contribution in [0.3, 0.4) is 0 Å². The van der Waals surface area contributed by atoms with E-state index >= 15 is 0 Å². The molecule has 0 spiro atoms. The maximum atomic E-state index is 6.33. The first kappa shape index (κ1) is 15.5. The summed E-state index contributed by atoms with van der Waals surface area (Å²) in [7, 11) is 0. The molecule has 84 valence electrons. The molecule has 0 aliphatic heterocycles. The third kappa shape index (κ3) is 6.63. The molecule has 0 heterocycles. The van der Waals surface area contributed by atoms with Gasteiger partial charge >= 0.3 is 110 Å². The van der Waals surface area contributed by atoms with Gasteiger partial charge in [0.25, 0.3) is 0 Å². The second kappa shape index (κ2) is 9.72. The summed E-state index contributed by atoms with van der Waals surface area (Å²) in [5.74, 6) is 0. The average molecular weight is 420 g/mol. The molecule has 3 heteroatoms. The molecular weight excluding hydrogens is 398 g/mol. The first-order chi connectivity index (χ1) is 7.24. The Morgan fingerprint density at radius 1 is 0.867 bits per heavy atom. The molecule has 0 aromatic carbocycles. The van der Waals surface area contributed by atoms with Crippen LogP contribution in [0.4, 0.5) is 0 Å². The summed E-state index contributed by atoms with van der Waals surface area (Å²) in [6, 6.07) is 0. The van der Waals surface area contributed by atoms with Crippen LogP contribution in [0.25, 0.3) is 0 Å². The molecule has 0 rings (SSSR count). The third-order valence-corrected chi connectivity index (χ3v) is 30.9. The van der Waals surface area contributed by atoms with E-state index in [1.807, 2.05) is 24.3 Å². The predicted octanol–water partition coefficient (Wildman–Crippen LogP) is 3.19. The second-order valence-corrected chi connectivity index (χ2v) is 23.0. The van der Waals surface area contributed by atoms with Crippen molar-refractivity contribution in [3.63, 3.8) is 0 Å². The minimum absolute atomic E-state index is 1.04. The van der Waals surface area contributed by atoms with Gasteiger partial charge in [-0.3, -0.25) is 0 Å². The van der Waals surface area contributed by atoms with Gasteiger partial charge in [-0.15, -0.1) is 0 Å². The maximum absolute atomic E-state index is 6.33. The van der Waals surface area contributed by atoms with Gasteiger partial charge < -0.3 is 0 Å². The van der Waals surface area contributed by atoms with Crippen LogP contribution in [0, 0.1) is 0 Å². The summed E-state index contributed by atoms with van der Waals surface area (Å²) < 4.78 is 10.7. The van der Waals surface area contributed by atoms with Crippen molar-refractivity contribution < 1.29 is 1.41 Å². The van der Waals surface area contributed by atoms with Gasteiger partial charge in [-0.25, -0.2) is 0 Å². The molecule has 0 N–H and O–H groups in total. The van der Waals surface area contributed by atoms with Crippen molar-refractivity contribution in [3.8, 4) is 0 Å². The van der Waals surface area contributed by atoms with E-state index in [0.717, 1.165) is 17.7 Å². The van der Waals surface area contributed by atoms with E-state index < -0.39 is 40.3 Å². The molecule has 1 nitrogen and oxygen atoms in total. The monoisotopic (exact) mass is 422 g/mol. The van der Waals surface area contributed by atoms with Gasteiger partial charge in [-0.05, 0) is 0 Å². The zero-order chi connectivity index (χ0) is 11.6. The van der Waals surface area contributed by atoms with E-state index in [-0.39, 0.29) is 0 Å². The fourth-order valence-corrected chi connectivity index (χ4v) is 27.9. The Labute approximate surface area is 109 Å². The van der Waals surface area contributed by atoms with Crippen LogP contribution in [0.5, 0.6) is 0 Å². The zero-order valence-electron chi connectivity index (χ0n) is 9.58. The van der Waals surface area contributed by atoms with Gasteiger partial charge in [0.05, 0.1) is 0 Å². The van der Waals surface area contributed by atoms with Crippen LogP contribution in [-0.4, -0.2) is 40.3 Å². The first-order valence-electron chi connectivity index (χ1n) is 5.32. The molecule has 0 saturated heterocycles. The molecule has 0 aromatic heterocycles. The normalized spacial score (nSPS) is 11.5. The summed E-state index contributed by atoms with van der Waals surface area (Å²) in [5.41, 5.74) is 0.